The minimum Gasteiger partial charge on any atom is -0.146 e. The molecule has 0 spiro atoms. The van der Waals surface area contributed by atoms with Crippen LogP contribution in [0.4, 0.5) is 0 Å². The molecule has 4 aromatic carbocycles. The minimum absolute atomic E-state index is 0. The van der Waals surface area contributed by atoms with E-state index in [9.17, 15) is 0 Å². The van der Waals surface area contributed by atoms with Crippen LogP contribution in [0.5, 0.6) is 0 Å². The zero-order chi connectivity index (χ0) is 13.4. The van der Waals surface area contributed by atoms with Crippen LogP contribution in [0.2, 0.25) is 0 Å². The normalized spacial score (nSPS) is 10.5. The van der Waals surface area contributed by atoms with Crippen molar-refractivity contribution >= 4 is 21.5 Å². The summed E-state index contributed by atoms with van der Waals surface area (Å²) in [4.78, 5) is 0. The summed E-state index contributed by atoms with van der Waals surface area (Å²) in [6.45, 7) is 0. The first kappa shape index (κ1) is 14.0. The number of fused-ring (bicyclic) bond motifs is 2. The predicted molar refractivity (Wildman–Crippen MR) is 85.7 cm³/mol. The Labute approximate surface area is 136 Å². The van der Waals surface area contributed by atoms with Gasteiger partial charge in [0.1, 0.15) is 0 Å². The van der Waals surface area contributed by atoms with Gasteiger partial charge < -0.3 is 0 Å². The third kappa shape index (κ3) is 2.38. The molecule has 21 heavy (non-hydrogen) atoms. The van der Waals surface area contributed by atoms with E-state index in [-0.39, 0.29) is 18.9 Å². The second-order valence-corrected chi connectivity index (χ2v) is 4.97. The number of benzene rings is 4. The van der Waals surface area contributed by atoms with Gasteiger partial charge in [0.15, 0.2) is 0 Å². The summed E-state index contributed by atoms with van der Waals surface area (Å²) in [7, 11) is 0. The molecule has 0 aliphatic heterocycles. The molecule has 1 heteroatoms. The van der Waals surface area contributed by atoms with Crippen molar-refractivity contribution in [1.29, 1.82) is 0 Å². The van der Waals surface area contributed by atoms with E-state index in [1.54, 1.807) is 0 Å². The van der Waals surface area contributed by atoms with Gasteiger partial charge in [-0.15, -0.1) is 34.5 Å². The van der Waals surface area contributed by atoms with Crippen molar-refractivity contribution < 1.29 is 18.9 Å². The molecular weight excluding hydrogens is 247 g/mol. The van der Waals surface area contributed by atoms with Gasteiger partial charge in [-0.1, -0.05) is 77.7 Å². The average Bonchev–Trinajstić information content (AvgIpc) is 2.54. The smallest absolute Gasteiger partial charge is 0.146 e. The van der Waals surface area contributed by atoms with Gasteiger partial charge in [0.2, 0.25) is 0 Å². The molecule has 0 aliphatic carbocycles. The molecule has 0 aromatic heterocycles. The van der Waals surface area contributed by atoms with Crippen molar-refractivity contribution in [2.45, 2.75) is 0 Å². The fraction of sp³-hybridized carbons (Fsp3) is 0. The maximum atomic E-state index is 3.42. The molecule has 4 rings (SSSR count). The van der Waals surface area contributed by atoms with Crippen LogP contribution < -0.4 is 18.9 Å². The standard InChI is InChI=1S/C20H13.Li/c1-3-11-17-15(7-1)9-5-13-19(17)20-14-6-10-16-8-2-4-12-18(16)20;/h1-13H;/q-1;+1. The van der Waals surface area contributed by atoms with Gasteiger partial charge in [0, 0.05) is 0 Å². The van der Waals surface area contributed by atoms with Gasteiger partial charge in [0.25, 0.3) is 0 Å². The average molecular weight is 260 g/mol. The Balaban J connectivity index is 0.00000132. The minimum atomic E-state index is 0. The Morgan fingerprint density at radius 2 is 1.19 bits per heavy atom. The van der Waals surface area contributed by atoms with Crippen LogP contribution >= 0.6 is 0 Å². The summed E-state index contributed by atoms with van der Waals surface area (Å²) in [5, 5.41) is 5.06. The van der Waals surface area contributed by atoms with Crippen molar-refractivity contribution in [3.8, 4) is 11.1 Å². The van der Waals surface area contributed by atoms with Crippen LogP contribution in [0.15, 0.2) is 78.9 Å². The topological polar surface area (TPSA) is 0 Å². The summed E-state index contributed by atoms with van der Waals surface area (Å²) >= 11 is 0. The van der Waals surface area contributed by atoms with Crippen molar-refractivity contribution in [2.24, 2.45) is 0 Å². The molecule has 0 fully saturated rings. The number of hydrogen-bond donors (Lipinski definition) is 0. The molecule has 0 atom stereocenters. The first-order valence-electron chi connectivity index (χ1n) is 6.81. The van der Waals surface area contributed by atoms with Gasteiger partial charge in [-0.05, 0) is 5.39 Å². The Kier molecular flexibility index (Phi) is 3.84. The zero-order valence-corrected chi connectivity index (χ0v) is 12.0. The fourth-order valence-corrected chi connectivity index (χ4v) is 2.83. The first-order chi connectivity index (χ1) is 9.93. The molecule has 0 N–H and O–H groups in total. The van der Waals surface area contributed by atoms with Crippen LogP contribution in [-0.4, -0.2) is 0 Å². The maximum absolute atomic E-state index is 3.42. The second-order valence-electron chi connectivity index (χ2n) is 4.97. The van der Waals surface area contributed by atoms with Gasteiger partial charge in [-0.2, -0.15) is 0 Å². The van der Waals surface area contributed by atoms with E-state index in [0.29, 0.717) is 0 Å². The van der Waals surface area contributed by atoms with E-state index in [1.165, 1.54) is 32.7 Å². The molecule has 0 aliphatic rings. The summed E-state index contributed by atoms with van der Waals surface area (Å²) in [5.74, 6) is 0. The predicted octanol–water partition coefficient (Wildman–Crippen LogP) is 2.46. The van der Waals surface area contributed by atoms with Crippen LogP contribution in [0.25, 0.3) is 32.7 Å². The van der Waals surface area contributed by atoms with Gasteiger partial charge in [0.05, 0.1) is 0 Å². The monoisotopic (exact) mass is 260 g/mol. The molecule has 4 aromatic rings. The van der Waals surface area contributed by atoms with Gasteiger partial charge in [-0.25, -0.2) is 0 Å². The quantitative estimate of drug-likeness (QED) is 0.364. The molecule has 0 unspecified atom stereocenters. The molecule has 0 radical (unpaired) electrons. The van der Waals surface area contributed by atoms with Gasteiger partial charge >= 0.3 is 18.9 Å². The van der Waals surface area contributed by atoms with E-state index < -0.39 is 0 Å². The van der Waals surface area contributed by atoms with E-state index >= 15 is 0 Å². The van der Waals surface area contributed by atoms with Crippen molar-refractivity contribution in [1.82, 2.24) is 0 Å². The van der Waals surface area contributed by atoms with Crippen LogP contribution in [0.1, 0.15) is 0 Å². The first-order valence-corrected chi connectivity index (χ1v) is 6.81. The van der Waals surface area contributed by atoms with E-state index in [0.717, 1.165) is 0 Å². The van der Waals surface area contributed by atoms with E-state index in [2.05, 4.69) is 78.9 Å². The molecule has 0 saturated heterocycles. The van der Waals surface area contributed by atoms with Crippen molar-refractivity contribution in [3.63, 3.8) is 0 Å². The Morgan fingerprint density at radius 1 is 0.571 bits per heavy atom. The van der Waals surface area contributed by atoms with E-state index in [1.807, 2.05) is 6.07 Å². The molecule has 0 bridgehead atoms. The summed E-state index contributed by atoms with van der Waals surface area (Å²) in [5.41, 5.74) is 2.43. The zero-order valence-electron chi connectivity index (χ0n) is 12.0. The third-order valence-electron chi connectivity index (χ3n) is 3.78. The molecule has 0 amide bonds. The van der Waals surface area contributed by atoms with Crippen LogP contribution in [0.3, 0.4) is 0 Å². The second kappa shape index (κ2) is 5.78. The summed E-state index contributed by atoms with van der Waals surface area (Å²) in [6.07, 6.45) is 0. The van der Waals surface area contributed by atoms with Crippen LogP contribution in [0, 0.1) is 6.07 Å². The molecule has 94 valence electrons. The molecule has 0 nitrogen and oxygen atoms in total. The summed E-state index contributed by atoms with van der Waals surface area (Å²) < 4.78 is 0. The maximum Gasteiger partial charge on any atom is 1.00 e. The van der Waals surface area contributed by atoms with Crippen LogP contribution in [-0.2, 0) is 0 Å². The number of rotatable bonds is 1. The SMILES string of the molecule is [Li+].[c-]1ccc2ccccc2c1-c1cccc2ccccc12. The van der Waals surface area contributed by atoms with E-state index in [4.69, 9.17) is 0 Å². The molecular formula is C20H13Li. The largest absolute Gasteiger partial charge is 1.00 e. The Morgan fingerprint density at radius 3 is 2.00 bits per heavy atom. The number of hydrogen-bond acceptors (Lipinski definition) is 0. The Bertz CT molecular complexity index is 821. The molecule has 0 heterocycles. The van der Waals surface area contributed by atoms with Crippen molar-refractivity contribution in [3.05, 3.63) is 84.9 Å². The van der Waals surface area contributed by atoms with Gasteiger partial charge in [-0.3, -0.25) is 0 Å². The molecule has 0 saturated carbocycles. The Hall–Kier alpha value is -2.00. The fourth-order valence-electron chi connectivity index (χ4n) is 2.83. The van der Waals surface area contributed by atoms with Crippen molar-refractivity contribution in [2.75, 3.05) is 0 Å². The third-order valence-corrected chi connectivity index (χ3v) is 3.78. The summed E-state index contributed by atoms with van der Waals surface area (Å²) in [6, 6.07) is 31.0.